The van der Waals surface area contributed by atoms with E-state index in [0.717, 1.165) is 0 Å². The average molecular weight is 439 g/mol. The van der Waals surface area contributed by atoms with Crippen molar-refractivity contribution >= 4 is 30.4 Å². The van der Waals surface area contributed by atoms with Crippen LogP contribution in [-0.4, -0.2) is 61.8 Å². The van der Waals surface area contributed by atoms with Gasteiger partial charge in [0.25, 0.3) is 30.4 Å². The predicted octanol–water partition coefficient (Wildman–Crippen LogP) is 1.40. The highest BCUT2D eigenvalue weighted by Gasteiger charge is 2.22. The molecule has 1 unspecified atom stereocenters. The second-order valence-corrected chi connectivity index (χ2v) is 11.0. The monoisotopic (exact) mass is 438 g/mol. The van der Waals surface area contributed by atoms with Crippen molar-refractivity contribution in [3.8, 4) is 0 Å². The Balaban J connectivity index is 4.73. The van der Waals surface area contributed by atoms with Crippen molar-refractivity contribution < 1.29 is 37.8 Å². The third-order valence-corrected chi connectivity index (χ3v) is 7.32. The Morgan fingerprint density at radius 1 is 0.692 bits per heavy atom. The molecule has 0 bridgehead atoms. The highest BCUT2D eigenvalue weighted by molar-refractivity contribution is 7.87. The molecule has 0 aromatic heterocycles. The molecule has 0 aromatic carbocycles. The minimum absolute atomic E-state index is 0.0756. The molecule has 1 atom stereocenters. The van der Waals surface area contributed by atoms with E-state index in [2.05, 4.69) is 0 Å². The van der Waals surface area contributed by atoms with Crippen molar-refractivity contribution in [2.45, 2.75) is 59.0 Å². The van der Waals surface area contributed by atoms with E-state index < -0.39 is 43.1 Å². The van der Waals surface area contributed by atoms with Gasteiger partial charge in [0.05, 0.1) is 30.5 Å². The van der Waals surface area contributed by atoms with Crippen LogP contribution >= 0.6 is 0 Å². The normalized spacial score (nSPS) is 14.4. The van der Waals surface area contributed by atoms with Gasteiger partial charge in [0, 0.05) is 0 Å². The molecule has 0 heterocycles. The summed E-state index contributed by atoms with van der Waals surface area (Å²) < 4.78 is 84.4. The molecule has 0 spiro atoms. The second kappa shape index (κ2) is 12.2. The van der Waals surface area contributed by atoms with Crippen molar-refractivity contribution in [2.75, 3.05) is 30.5 Å². The molecule has 0 radical (unpaired) electrons. The van der Waals surface area contributed by atoms with Gasteiger partial charge >= 0.3 is 0 Å². The van der Waals surface area contributed by atoms with E-state index in [9.17, 15) is 25.3 Å². The third kappa shape index (κ3) is 13.0. The topological polar surface area (TPSA) is 130 Å². The zero-order chi connectivity index (χ0) is 20.3. The van der Waals surface area contributed by atoms with Gasteiger partial charge in [-0.2, -0.15) is 25.3 Å². The fraction of sp³-hybridized carbons (Fsp3) is 1.00. The van der Waals surface area contributed by atoms with Crippen LogP contribution in [0.15, 0.2) is 0 Å². The molecule has 0 aliphatic carbocycles. The van der Waals surface area contributed by atoms with E-state index in [1.807, 2.05) is 0 Å². The maximum atomic E-state index is 11.8. The summed E-state index contributed by atoms with van der Waals surface area (Å²) in [6.07, 6.45) is 0.356. The van der Waals surface area contributed by atoms with Crippen LogP contribution in [0.2, 0.25) is 0 Å². The van der Waals surface area contributed by atoms with Gasteiger partial charge < -0.3 is 0 Å². The summed E-state index contributed by atoms with van der Waals surface area (Å²) in [6.45, 7) is 4.46. The largest absolute Gasteiger partial charge is 0.270 e. The summed E-state index contributed by atoms with van der Waals surface area (Å²) in [5.74, 6) is -0.484. The summed E-state index contributed by atoms with van der Waals surface area (Å²) in [5, 5.41) is 0. The zero-order valence-corrected chi connectivity index (χ0v) is 18.0. The Hall–Kier alpha value is -0.270. The standard InChI is InChI=1S/C14H30O9S3/c1-4-10-24(15,16)21-9-7-8-14(23-26(19,20)12-6-3)13-22-25(17,18)11-5-2/h14H,4-13H2,1-3H3. The lowest BCUT2D eigenvalue weighted by Gasteiger charge is -2.17. The quantitative estimate of drug-likeness (QED) is 0.259. The van der Waals surface area contributed by atoms with Crippen LogP contribution in [0.1, 0.15) is 52.9 Å². The fourth-order valence-corrected chi connectivity index (χ4v) is 5.09. The first-order valence-electron chi connectivity index (χ1n) is 8.62. The average Bonchev–Trinajstić information content (AvgIpc) is 2.48. The zero-order valence-electron chi connectivity index (χ0n) is 15.5. The van der Waals surface area contributed by atoms with Gasteiger partial charge in [-0.15, -0.1) is 0 Å². The van der Waals surface area contributed by atoms with E-state index in [4.69, 9.17) is 12.5 Å². The van der Waals surface area contributed by atoms with Crippen molar-refractivity contribution in [1.82, 2.24) is 0 Å². The highest BCUT2D eigenvalue weighted by atomic mass is 32.2. The minimum atomic E-state index is -3.82. The van der Waals surface area contributed by atoms with Gasteiger partial charge in [-0.25, -0.2) is 0 Å². The van der Waals surface area contributed by atoms with Crippen LogP contribution < -0.4 is 0 Å². The van der Waals surface area contributed by atoms with Crippen LogP contribution in [-0.2, 0) is 42.9 Å². The van der Waals surface area contributed by atoms with Crippen LogP contribution in [0.5, 0.6) is 0 Å². The smallest absolute Gasteiger partial charge is 0.267 e. The summed E-state index contributed by atoms with van der Waals surface area (Å²) >= 11 is 0. The van der Waals surface area contributed by atoms with Crippen molar-refractivity contribution in [3.05, 3.63) is 0 Å². The molecule has 0 amide bonds. The van der Waals surface area contributed by atoms with Gasteiger partial charge in [-0.05, 0) is 32.1 Å². The highest BCUT2D eigenvalue weighted by Crippen LogP contribution is 2.12. The summed E-state index contributed by atoms with van der Waals surface area (Å²) in [4.78, 5) is 0. The predicted molar refractivity (Wildman–Crippen MR) is 98.2 cm³/mol. The Morgan fingerprint density at radius 3 is 1.65 bits per heavy atom. The third-order valence-electron chi connectivity index (χ3n) is 3.01. The van der Waals surface area contributed by atoms with E-state index >= 15 is 0 Å². The molecule has 0 fully saturated rings. The first kappa shape index (κ1) is 25.7. The molecular weight excluding hydrogens is 408 g/mol. The maximum absolute atomic E-state index is 11.8. The Bertz CT molecular complexity index is 681. The molecule has 0 saturated carbocycles. The summed E-state index contributed by atoms with van der Waals surface area (Å²) in [6, 6.07) is 0. The molecule has 0 aromatic rings. The molecule has 12 heteroatoms. The Labute approximate surface area is 157 Å². The summed E-state index contributed by atoms with van der Waals surface area (Å²) in [7, 11) is -11.2. The molecular formula is C14H30O9S3. The van der Waals surface area contributed by atoms with Crippen LogP contribution in [0.4, 0.5) is 0 Å². The second-order valence-electron chi connectivity index (χ2n) is 5.75. The molecule has 0 saturated heterocycles. The number of hydrogen-bond donors (Lipinski definition) is 0. The lowest BCUT2D eigenvalue weighted by atomic mass is 10.2. The summed E-state index contributed by atoms with van der Waals surface area (Å²) in [5.41, 5.74) is 0. The lowest BCUT2D eigenvalue weighted by Crippen LogP contribution is -2.27. The van der Waals surface area contributed by atoms with Gasteiger partial charge in [-0.1, -0.05) is 20.8 Å². The molecule has 0 aliphatic heterocycles. The van der Waals surface area contributed by atoms with E-state index in [-0.39, 0.29) is 36.7 Å². The molecule has 0 N–H and O–H groups in total. The number of hydrogen-bond acceptors (Lipinski definition) is 9. The van der Waals surface area contributed by atoms with Crippen LogP contribution in [0.25, 0.3) is 0 Å². The van der Waals surface area contributed by atoms with E-state index in [0.29, 0.717) is 19.3 Å². The van der Waals surface area contributed by atoms with E-state index in [1.54, 1.807) is 20.8 Å². The first-order chi connectivity index (χ1) is 12.0. The van der Waals surface area contributed by atoms with E-state index in [1.165, 1.54) is 0 Å². The van der Waals surface area contributed by atoms with Gasteiger partial charge in [-0.3, -0.25) is 12.5 Å². The van der Waals surface area contributed by atoms with Crippen molar-refractivity contribution in [2.24, 2.45) is 0 Å². The van der Waals surface area contributed by atoms with Crippen LogP contribution in [0, 0.1) is 0 Å². The van der Waals surface area contributed by atoms with Crippen molar-refractivity contribution in [1.29, 1.82) is 0 Å². The molecule has 26 heavy (non-hydrogen) atoms. The van der Waals surface area contributed by atoms with Crippen LogP contribution in [0.3, 0.4) is 0 Å². The fourth-order valence-electron chi connectivity index (χ4n) is 1.96. The van der Waals surface area contributed by atoms with Gasteiger partial charge in [0.15, 0.2) is 0 Å². The molecule has 0 aliphatic rings. The first-order valence-corrected chi connectivity index (χ1v) is 13.3. The Kier molecular flexibility index (Phi) is 12.1. The SMILES string of the molecule is CCCS(=O)(=O)OCCCC(COS(=O)(=O)CCC)OS(=O)(=O)CCC. The lowest BCUT2D eigenvalue weighted by molar-refractivity contribution is 0.123. The van der Waals surface area contributed by atoms with Crippen molar-refractivity contribution in [3.63, 3.8) is 0 Å². The molecule has 9 nitrogen and oxygen atoms in total. The minimum Gasteiger partial charge on any atom is -0.270 e. The Morgan fingerprint density at radius 2 is 1.15 bits per heavy atom. The number of rotatable bonds is 16. The molecule has 158 valence electrons. The van der Waals surface area contributed by atoms with Gasteiger partial charge in [0.2, 0.25) is 0 Å². The van der Waals surface area contributed by atoms with Gasteiger partial charge in [0.1, 0.15) is 6.10 Å². The molecule has 0 rings (SSSR count). The maximum Gasteiger partial charge on any atom is 0.267 e.